The second-order valence-electron chi connectivity index (χ2n) is 26.6. The van der Waals surface area contributed by atoms with Crippen molar-refractivity contribution in [2.45, 2.75) is 356 Å². The van der Waals surface area contributed by atoms with Crippen LogP contribution in [0.2, 0.25) is 0 Å². The van der Waals surface area contributed by atoms with E-state index in [1.54, 1.807) is 0 Å². The third-order valence-corrected chi connectivity index (χ3v) is 18.1. The molecule has 88 heavy (non-hydrogen) atoms. The molecule has 0 spiro atoms. The molecule has 6 atom stereocenters. The first-order valence-electron chi connectivity index (χ1n) is 35.7. The average Bonchev–Trinajstić information content (AvgIpc) is 3.64. The molecule has 17 nitrogen and oxygen atoms in total. The highest BCUT2D eigenvalue weighted by Gasteiger charge is 2.30. The first kappa shape index (κ1) is 86.1. The number of rotatable bonds is 66. The summed E-state index contributed by atoms with van der Waals surface area (Å²) in [5.74, 6) is 0.854. The van der Waals surface area contributed by atoms with Crippen molar-refractivity contribution in [2.75, 3.05) is 39.6 Å². The average molecular weight is 1300 g/mol. The van der Waals surface area contributed by atoms with E-state index in [0.717, 1.165) is 114 Å². The van der Waals surface area contributed by atoms with Crippen LogP contribution in [-0.4, -0.2) is 96.7 Å². The van der Waals surface area contributed by atoms with Crippen molar-refractivity contribution in [3.8, 4) is 0 Å². The summed E-state index contributed by atoms with van der Waals surface area (Å²) in [5.41, 5.74) is 0. The first-order valence-corrected chi connectivity index (χ1v) is 38.7. The second kappa shape index (κ2) is 58.8. The zero-order valence-electron chi connectivity index (χ0n) is 57.3. The monoisotopic (exact) mass is 1300 g/mol. The van der Waals surface area contributed by atoms with E-state index in [4.69, 9.17) is 37.0 Å². The zero-order valence-corrected chi connectivity index (χ0v) is 59.1. The van der Waals surface area contributed by atoms with Gasteiger partial charge in [0.1, 0.15) is 19.3 Å². The summed E-state index contributed by atoms with van der Waals surface area (Å²) in [6, 6.07) is 0. The Kier molecular flexibility index (Phi) is 57.6. The van der Waals surface area contributed by atoms with Gasteiger partial charge in [-0.1, -0.05) is 287 Å². The van der Waals surface area contributed by atoms with Crippen LogP contribution in [0.25, 0.3) is 0 Å². The third-order valence-electron chi connectivity index (χ3n) is 16.2. The lowest BCUT2D eigenvalue weighted by atomic mass is 9.99. The van der Waals surface area contributed by atoms with E-state index in [-0.39, 0.29) is 25.7 Å². The highest BCUT2D eigenvalue weighted by Crippen LogP contribution is 2.45. The van der Waals surface area contributed by atoms with Crippen molar-refractivity contribution >= 4 is 39.5 Å². The van der Waals surface area contributed by atoms with Crippen molar-refractivity contribution in [2.24, 2.45) is 23.7 Å². The predicted molar refractivity (Wildman–Crippen MR) is 354 cm³/mol. The fourth-order valence-corrected chi connectivity index (χ4v) is 11.9. The lowest BCUT2D eigenvalue weighted by molar-refractivity contribution is -0.161. The molecule has 3 N–H and O–H groups in total. The first-order chi connectivity index (χ1) is 42.1. The van der Waals surface area contributed by atoms with Crippen LogP contribution in [0.4, 0.5) is 0 Å². The third kappa shape index (κ3) is 61.6. The Morgan fingerprint density at radius 2 is 0.545 bits per heavy atom. The van der Waals surface area contributed by atoms with Gasteiger partial charge in [0, 0.05) is 25.7 Å². The highest BCUT2D eigenvalue weighted by atomic mass is 31.2. The molecule has 0 rings (SSSR count). The molecule has 0 saturated carbocycles. The number of unbranched alkanes of at least 4 members (excludes halogenated alkanes) is 31. The van der Waals surface area contributed by atoms with Gasteiger partial charge in [-0.3, -0.25) is 37.3 Å². The van der Waals surface area contributed by atoms with Crippen molar-refractivity contribution in [3.63, 3.8) is 0 Å². The summed E-state index contributed by atoms with van der Waals surface area (Å²) in [5, 5.41) is 10.6. The van der Waals surface area contributed by atoms with E-state index in [0.29, 0.717) is 31.6 Å². The van der Waals surface area contributed by atoms with Gasteiger partial charge >= 0.3 is 39.5 Å². The van der Waals surface area contributed by atoms with Crippen LogP contribution in [0.3, 0.4) is 0 Å². The topological polar surface area (TPSA) is 237 Å². The maximum atomic E-state index is 13.0. The number of phosphoric ester groups is 2. The van der Waals surface area contributed by atoms with E-state index in [1.807, 2.05) is 0 Å². The fraction of sp³-hybridized carbons (Fsp3) is 0.942. The van der Waals surface area contributed by atoms with E-state index >= 15 is 0 Å². The van der Waals surface area contributed by atoms with Gasteiger partial charge in [-0.15, -0.1) is 0 Å². The summed E-state index contributed by atoms with van der Waals surface area (Å²) in [6.45, 7) is 14.1. The van der Waals surface area contributed by atoms with E-state index in [9.17, 15) is 43.2 Å². The van der Waals surface area contributed by atoms with Gasteiger partial charge < -0.3 is 33.8 Å². The number of hydrogen-bond donors (Lipinski definition) is 3. The fourth-order valence-electron chi connectivity index (χ4n) is 10.3. The summed E-state index contributed by atoms with van der Waals surface area (Å²) in [7, 11) is -9.90. The van der Waals surface area contributed by atoms with Crippen LogP contribution in [-0.2, 0) is 65.4 Å². The molecule has 0 aliphatic heterocycles. The standard InChI is InChI=1S/C69H134O17P2/c1-9-62(8)48-40-32-24-15-11-13-17-27-36-44-52-69(74)85-64(55-79-66(71)49-41-33-25-19-18-22-30-38-46-60(4)5)57-83-87(75,76)81-53-63(70)54-82-88(77,78)84-58-65(56-80-67(72)50-42-34-28-20-23-31-39-47-61(6)7)86-68(73)51-43-35-26-16-12-10-14-21-29-37-45-59(2)3/h59-65,70H,9-58H2,1-8H3,(H,75,76)(H,77,78)/t62?,63?,64-,65-/m1/s1. The Morgan fingerprint density at radius 1 is 0.318 bits per heavy atom. The number of carbonyl (C=O) groups excluding carboxylic acids is 4. The summed E-state index contributed by atoms with van der Waals surface area (Å²) >= 11 is 0. The Balaban J connectivity index is 5.27. The molecule has 0 aromatic carbocycles. The van der Waals surface area contributed by atoms with Gasteiger partial charge in [-0.25, -0.2) is 9.13 Å². The number of ether oxygens (including phenoxy) is 4. The molecule has 0 fully saturated rings. The van der Waals surface area contributed by atoms with E-state index in [1.165, 1.54) is 135 Å². The summed E-state index contributed by atoms with van der Waals surface area (Å²) in [4.78, 5) is 72.5. The molecule has 0 bridgehead atoms. The smallest absolute Gasteiger partial charge is 0.462 e. The summed E-state index contributed by atoms with van der Waals surface area (Å²) in [6.07, 6.45) is 40.3. The molecule has 4 unspecified atom stereocenters. The molecule has 0 heterocycles. The summed E-state index contributed by atoms with van der Waals surface area (Å²) < 4.78 is 68.2. The minimum atomic E-state index is -4.95. The lowest BCUT2D eigenvalue weighted by Gasteiger charge is -2.21. The Hall–Kier alpha value is -1.94. The van der Waals surface area contributed by atoms with Crippen molar-refractivity contribution in [3.05, 3.63) is 0 Å². The van der Waals surface area contributed by atoms with Crippen molar-refractivity contribution in [1.29, 1.82) is 0 Å². The Morgan fingerprint density at radius 3 is 0.807 bits per heavy atom. The molecule has 0 amide bonds. The maximum absolute atomic E-state index is 13.0. The molecule has 0 aromatic rings. The molecule has 0 aliphatic carbocycles. The number of carbonyl (C=O) groups is 4. The Bertz CT molecular complexity index is 1750. The Labute approximate surface area is 537 Å². The van der Waals surface area contributed by atoms with E-state index < -0.39 is 97.5 Å². The molecule has 19 heteroatoms. The normalized spacial score (nSPS) is 14.6. The minimum absolute atomic E-state index is 0.104. The SMILES string of the molecule is CCC(C)CCCCCCCCCCCCC(=O)O[C@H](COC(=O)CCCCCCCCCCC(C)C)COP(=O)(O)OCC(O)COP(=O)(O)OC[C@@H](COC(=O)CCCCCCCCCC(C)C)OC(=O)CCCCCCCCCCCCC(C)C. The number of esters is 4. The van der Waals surface area contributed by atoms with Crippen molar-refractivity contribution < 1.29 is 80.2 Å². The molecule has 0 radical (unpaired) electrons. The highest BCUT2D eigenvalue weighted by molar-refractivity contribution is 7.47. The van der Waals surface area contributed by atoms with Gasteiger partial charge in [0.25, 0.3) is 0 Å². The van der Waals surface area contributed by atoms with Gasteiger partial charge in [-0.05, 0) is 49.4 Å². The zero-order chi connectivity index (χ0) is 65.4. The van der Waals surface area contributed by atoms with Crippen LogP contribution in [0, 0.1) is 23.7 Å². The molecule has 0 aromatic heterocycles. The van der Waals surface area contributed by atoms with Gasteiger partial charge in [-0.2, -0.15) is 0 Å². The quantitative estimate of drug-likeness (QED) is 0.0222. The lowest BCUT2D eigenvalue weighted by Crippen LogP contribution is -2.30. The second-order valence-corrected chi connectivity index (χ2v) is 29.5. The van der Waals surface area contributed by atoms with Crippen LogP contribution in [0.15, 0.2) is 0 Å². The number of aliphatic hydroxyl groups excluding tert-OH is 1. The molecule has 0 saturated heterocycles. The minimum Gasteiger partial charge on any atom is -0.462 e. The van der Waals surface area contributed by atoms with E-state index in [2.05, 4.69) is 55.4 Å². The molecule has 0 aliphatic rings. The maximum Gasteiger partial charge on any atom is 0.472 e. The predicted octanol–water partition coefficient (Wildman–Crippen LogP) is 19.3. The van der Waals surface area contributed by atoms with Crippen LogP contribution in [0.5, 0.6) is 0 Å². The largest absolute Gasteiger partial charge is 0.472 e. The molecular formula is C69H134O17P2. The number of hydrogen-bond acceptors (Lipinski definition) is 15. The van der Waals surface area contributed by atoms with Crippen LogP contribution in [0.1, 0.15) is 338 Å². The van der Waals surface area contributed by atoms with Crippen LogP contribution < -0.4 is 0 Å². The van der Waals surface area contributed by atoms with Crippen LogP contribution >= 0.6 is 15.6 Å². The molecular weight excluding hydrogens is 1160 g/mol. The van der Waals surface area contributed by atoms with Gasteiger partial charge in [0.2, 0.25) is 0 Å². The number of aliphatic hydroxyl groups is 1. The van der Waals surface area contributed by atoms with Gasteiger partial charge in [0.05, 0.1) is 26.4 Å². The van der Waals surface area contributed by atoms with Crippen molar-refractivity contribution in [1.82, 2.24) is 0 Å². The van der Waals surface area contributed by atoms with Gasteiger partial charge in [0.15, 0.2) is 12.2 Å². The molecule has 522 valence electrons. The number of phosphoric acid groups is 2.